The van der Waals surface area contributed by atoms with E-state index in [-0.39, 0.29) is 11.8 Å². The van der Waals surface area contributed by atoms with Crippen LogP contribution in [0, 0.1) is 5.92 Å². The topological polar surface area (TPSA) is 67.2 Å². The van der Waals surface area contributed by atoms with Crippen molar-refractivity contribution in [1.82, 2.24) is 10.3 Å². The summed E-state index contributed by atoms with van der Waals surface area (Å²) in [4.78, 5) is 16.0. The molecule has 1 saturated heterocycles. The van der Waals surface area contributed by atoms with E-state index in [1.165, 1.54) is 6.39 Å². The van der Waals surface area contributed by atoms with Crippen molar-refractivity contribution in [2.45, 2.75) is 12.8 Å². The van der Waals surface area contributed by atoms with Gasteiger partial charge in [-0.15, -0.1) is 0 Å². The molecule has 1 aromatic carbocycles. The maximum Gasteiger partial charge on any atom is 0.228 e. The molecule has 0 radical (unpaired) electrons. The Morgan fingerprint density at radius 3 is 2.85 bits per heavy atom. The first-order valence-corrected chi connectivity index (χ1v) is 6.83. The van der Waals surface area contributed by atoms with E-state index in [1.54, 1.807) is 6.20 Å². The number of aromatic nitrogens is 1. The average molecular weight is 271 g/mol. The lowest BCUT2D eigenvalue weighted by Gasteiger charge is -2.21. The number of nitrogens with zero attached hydrogens (tertiary/aromatic N) is 1. The number of carbonyl (C=O) groups excluding carboxylic acids is 1. The average Bonchev–Trinajstić information content (AvgIpc) is 3.03. The third kappa shape index (κ3) is 2.88. The van der Waals surface area contributed by atoms with Gasteiger partial charge in [0.05, 0.1) is 12.1 Å². The van der Waals surface area contributed by atoms with Crippen molar-refractivity contribution in [3.63, 3.8) is 0 Å². The molecule has 3 rings (SSSR count). The molecule has 5 heteroatoms. The maximum atomic E-state index is 12.1. The van der Waals surface area contributed by atoms with Crippen LogP contribution in [0.3, 0.4) is 0 Å². The first-order chi connectivity index (χ1) is 9.83. The lowest BCUT2D eigenvalue weighted by atomic mass is 9.99. The van der Waals surface area contributed by atoms with E-state index >= 15 is 0 Å². The van der Waals surface area contributed by atoms with Gasteiger partial charge in [0, 0.05) is 17.8 Å². The minimum atomic E-state index is 0.0673. The number of hydrogen-bond acceptors (Lipinski definition) is 4. The molecule has 5 nitrogen and oxygen atoms in total. The first-order valence-electron chi connectivity index (χ1n) is 6.83. The fourth-order valence-corrected chi connectivity index (χ4v) is 2.40. The van der Waals surface area contributed by atoms with Crippen LogP contribution in [0.4, 0.5) is 5.69 Å². The van der Waals surface area contributed by atoms with Crippen molar-refractivity contribution in [2.24, 2.45) is 5.92 Å². The van der Waals surface area contributed by atoms with Crippen LogP contribution in [0.25, 0.3) is 11.3 Å². The molecule has 0 saturated carbocycles. The van der Waals surface area contributed by atoms with Gasteiger partial charge < -0.3 is 15.1 Å². The highest BCUT2D eigenvalue weighted by molar-refractivity contribution is 5.93. The van der Waals surface area contributed by atoms with Crippen LogP contribution in [-0.2, 0) is 4.79 Å². The molecule has 2 heterocycles. The van der Waals surface area contributed by atoms with E-state index in [9.17, 15) is 4.79 Å². The lowest BCUT2D eigenvalue weighted by molar-refractivity contribution is -0.120. The van der Waals surface area contributed by atoms with Crippen molar-refractivity contribution in [3.8, 4) is 11.3 Å². The van der Waals surface area contributed by atoms with E-state index in [1.807, 2.05) is 24.3 Å². The monoisotopic (exact) mass is 271 g/mol. The zero-order chi connectivity index (χ0) is 13.8. The second kappa shape index (κ2) is 5.88. The van der Waals surface area contributed by atoms with E-state index in [4.69, 9.17) is 4.42 Å². The van der Waals surface area contributed by atoms with Crippen LogP contribution in [0.2, 0.25) is 0 Å². The van der Waals surface area contributed by atoms with Crippen LogP contribution < -0.4 is 10.6 Å². The summed E-state index contributed by atoms with van der Waals surface area (Å²) < 4.78 is 5.23. The summed E-state index contributed by atoms with van der Waals surface area (Å²) in [7, 11) is 0. The van der Waals surface area contributed by atoms with E-state index in [0.717, 1.165) is 42.9 Å². The number of rotatable bonds is 3. The van der Waals surface area contributed by atoms with Gasteiger partial charge in [-0.25, -0.2) is 4.98 Å². The third-order valence-electron chi connectivity index (χ3n) is 3.54. The first kappa shape index (κ1) is 12.9. The van der Waals surface area contributed by atoms with Crippen molar-refractivity contribution >= 4 is 11.6 Å². The molecule has 1 aromatic heterocycles. The fraction of sp³-hybridized carbons (Fsp3) is 0.333. The van der Waals surface area contributed by atoms with Crippen LogP contribution >= 0.6 is 0 Å². The van der Waals surface area contributed by atoms with Crippen molar-refractivity contribution < 1.29 is 9.21 Å². The second-order valence-corrected chi connectivity index (χ2v) is 4.98. The van der Waals surface area contributed by atoms with Gasteiger partial charge in [-0.1, -0.05) is 0 Å². The Hall–Kier alpha value is -2.14. The standard InChI is InChI=1S/C15H17N3O2/c19-15(12-2-1-7-16-8-12)18-13-5-3-11(4-6-13)14-9-17-10-20-14/h3-6,9-10,12,16H,1-2,7-8H2,(H,18,19). The summed E-state index contributed by atoms with van der Waals surface area (Å²) in [5.74, 6) is 0.877. The molecule has 0 aliphatic carbocycles. The minimum absolute atomic E-state index is 0.0673. The molecule has 20 heavy (non-hydrogen) atoms. The Labute approximate surface area is 117 Å². The summed E-state index contributed by atoms with van der Waals surface area (Å²) in [5.41, 5.74) is 1.75. The van der Waals surface area contributed by atoms with E-state index < -0.39 is 0 Å². The molecular weight excluding hydrogens is 254 g/mol. The van der Waals surface area contributed by atoms with Gasteiger partial charge in [0.1, 0.15) is 0 Å². The predicted molar refractivity (Wildman–Crippen MR) is 76.2 cm³/mol. The largest absolute Gasteiger partial charge is 0.444 e. The molecule has 1 unspecified atom stereocenters. The van der Waals surface area contributed by atoms with Gasteiger partial charge in [-0.3, -0.25) is 4.79 Å². The highest BCUT2D eigenvalue weighted by Crippen LogP contribution is 2.21. The maximum absolute atomic E-state index is 12.1. The lowest BCUT2D eigenvalue weighted by Crippen LogP contribution is -2.37. The quantitative estimate of drug-likeness (QED) is 0.898. The third-order valence-corrected chi connectivity index (χ3v) is 3.54. The smallest absolute Gasteiger partial charge is 0.228 e. The number of benzene rings is 1. The number of anilines is 1. The summed E-state index contributed by atoms with van der Waals surface area (Å²) in [6.07, 6.45) is 5.08. The summed E-state index contributed by atoms with van der Waals surface area (Å²) in [6.45, 7) is 1.78. The van der Waals surface area contributed by atoms with Gasteiger partial charge in [0.2, 0.25) is 5.91 Å². The van der Waals surface area contributed by atoms with Gasteiger partial charge >= 0.3 is 0 Å². The van der Waals surface area contributed by atoms with Crippen LogP contribution in [-0.4, -0.2) is 24.0 Å². The highest BCUT2D eigenvalue weighted by Gasteiger charge is 2.20. The van der Waals surface area contributed by atoms with Crippen molar-refractivity contribution in [2.75, 3.05) is 18.4 Å². The Morgan fingerprint density at radius 1 is 1.35 bits per heavy atom. The Morgan fingerprint density at radius 2 is 2.20 bits per heavy atom. The second-order valence-electron chi connectivity index (χ2n) is 4.98. The molecule has 1 amide bonds. The van der Waals surface area contributed by atoms with Crippen LogP contribution in [0.1, 0.15) is 12.8 Å². The molecule has 1 atom stereocenters. The molecule has 0 spiro atoms. The summed E-state index contributed by atoms with van der Waals surface area (Å²) >= 11 is 0. The number of oxazole rings is 1. The number of hydrogen-bond donors (Lipinski definition) is 2. The summed E-state index contributed by atoms with van der Waals surface area (Å²) in [6, 6.07) is 7.59. The van der Waals surface area contributed by atoms with Crippen LogP contribution in [0.5, 0.6) is 0 Å². The van der Waals surface area contributed by atoms with Crippen LogP contribution in [0.15, 0.2) is 41.3 Å². The van der Waals surface area contributed by atoms with Gasteiger partial charge in [-0.2, -0.15) is 0 Å². The molecule has 2 aromatic rings. The van der Waals surface area contributed by atoms with Crippen molar-refractivity contribution in [1.29, 1.82) is 0 Å². The number of nitrogens with one attached hydrogen (secondary N) is 2. The molecule has 1 aliphatic rings. The number of amides is 1. The molecule has 0 bridgehead atoms. The Bertz CT molecular complexity index is 557. The van der Waals surface area contributed by atoms with Gasteiger partial charge in [0.25, 0.3) is 0 Å². The predicted octanol–water partition coefficient (Wildman–Crippen LogP) is 2.28. The Balaban J connectivity index is 1.64. The Kier molecular flexibility index (Phi) is 3.78. The fourth-order valence-electron chi connectivity index (χ4n) is 2.40. The SMILES string of the molecule is O=C(Nc1ccc(-c2cnco2)cc1)C1CCCNC1. The highest BCUT2D eigenvalue weighted by atomic mass is 16.3. The minimum Gasteiger partial charge on any atom is -0.444 e. The van der Waals surface area contributed by atoms with E-state index in [2.05, 4.69) is 15.6 Å². The molecular formula is C15H17N3O2. The molecule has 104 valence electrons. The molecule has 1 fully saturated rings. The molecule has 2 N–H and O–H groups in total. The number of carbonyl (C=O) groups is 1. The number of piperidine rings is 1. The molecule has 1 aliphatic heterocycles. The van der Waals surface area contributed by atoms with Crippen molar-refractivity contribution in [3.05, 3.63) is 36.9 Å². The zero-order valence-electron chi connectivity index (χ0n) is 11.1. The van der Waals surface area contributed by atoms with Gasteiger partial charge in [0.15, 0.2) is 12.2 Å². The van der Waals surface area contributed by atoms with Gasteiger partial charge in [-0.05, 0) is 43.7 Å². The normalized spacial score (nSPS) is 18.7. The zero-order valence-corrected chi connectivity index (χ0v) is 11.1. The summed E-state index contributed by atoms with van der Waals surface area (Å²) in [5, 5.41) is 6.21. The van der Waals surface area contributed by atoms with E-state index in [0.29, 0.717) is 0 Å².